The zero-order valence-electron chi connectivity index (χ0n) is 15.8. The third-order valence-electron chi connectivity index (χ3n) is 4.99. The summed E-state index contributed by atoms with van der Waals surface area (Å²) in [4.78, 5) is 14.9. The van der Waals surface area contributed by atoms with E-state index in [-0.39, 0.29) is 11.5 Å². The van der Waals surface area contributed by atoms with E-state index in [1.807, 2.05) is 44.1 Å². The van der Waals surface area contributed by atoms with Gasteiger partial charge < -0.3 is 18.8 Å². The van der Waals surface area contributed by atoms with Crippen LogP contribution in [0.4, 0.5) is 5.69 Å². The van der Waals surface area contributed by atoms with Crippen LogP contribution >= 0.6 is 0 Å². The van der Waals surface area contributed by atoms with E-state index in [4.69, 9.17) is 13.9 Å². The van der Waals surface area contributed by atoms with Gasteiger partial charge in [0.25, 0.3) is 0 Å². The van der Waals surface area contributed by atoms with E-state index in [9.17, 15) is 4.79 Å². The third kappa shape index (κ3) is 3.19. The van der Waals surface area contributed by atoms with E-state index in [1.54, 1.807) is 6.07 Å². The number of ether oxygens (including phenoxy) is 2. The topological polar surface area (TPSA) is 51.9 Å². The molecule has 0 saturated heterocycles. The molecule has 5 nitrogen and oxygen atoms in total. The van der Waals surface area contributed by atoms with E-state index in [2.05, 4.69) is 24.3 Å². The Kier molecular flexibility index (Phi) is 4.62. The normalized spacial score (nSPS) is 18.8. The molecule has 2 atom stereocenters. The van der Waals surface area contributed by atoms with Crippen molar-refractivity contribution in [2.75, 3.05) is 25.6 Å². The fourth-order valence-corrected chi connectivity index (χ4v) is 3.65. The van der Waals surface area contributed by atoms with Gasteiger partial charge in [0.05, 0.1) is 10.9 Å². The molecule has 0 N–H and O–H groups in total. The number of benzene rings is 2. The van der Waals surface area contributed by atoms with Crippen molar-refractivity contribution < 1.29 is 13.9 Å². The van der Waals surface area contributed by atoms with Crippen molar-refractivity contribution in [1.82, 2.24) is 0 Å². The highest BCUT2D eigenvalue weighted by atomic mass is 16.7. The van der Waals surface area contributed by atoms with E-state index >= 15 is 0 Å². The highest BCUT2D eigenvalue weighted by molar-refractivity contribution is 5.85. The average Bonchev–Trinajstić information content (AvgIpc) is 2.68. The molecule has 140 valence electrons. The number of rotatable bonds is 4. The van der Waals surface area contributed by atoms with Crippen LogP contribution in [0.1, 0.15) is 30.4 Å². The maximum atomic E-state index is 12.8. The Bertz CT molecular complexity index is 1010. The Balaban J connectivity index is 1.88. The van der Waals surface area contributed by atoms with Gasteiger partial charge in [0, 0.05) is 38.7 Å². The summed E-state index contributed by atoms with van der Waals surface area (Å²) < 4.78 is 17.5. The lowest BCUT2D eigenvalue weighted by Crippen LogP contribution is -2.32. The molecule has 1 aliphatic rings. The summed E-state index contributed by atoms with van der Waals surface area (Å²) in [6.07, 6.45) is 0.178. The van der Waals surface area contributed by atoms with Gasteiger partial charge in [-0.2, -0.15) is 0 Å². The minimum Gasteiger partial charge on any atom is -0.464 e. The van der Waals surface area contributed by atoms with Crippen LogP contribution in [0.25, 0.3) is 11.0 Å². The van der Waals surface area contributed by atoms with Gasteiger partial charge in [0.15, 0.2) is 0 Å². The molecule has 0 unspecified atom stereocenters. The number of hydrogen-bond acceptors (Lipinski definition) is 5. The second kappa shape index (κ2) is 7.08. The zero-order valence-corrected chi connectivity index (χ0v) is 15.8. The van der Waals surface area contributed by atoms with Crippen molar-refractivity contribution >= 4 is 16.7 Å². The first-order valence-corrected chi connectivity index (χ1v) is 9.19. The Morgan fingerprint density at radius 1 is 1.11 bits per heavy atom. The highest BCUT2D eigenvalue weighted by Gasteiger charge is 2.34. The molecule has 4 rings (SSSR count). The van der Waals surface area contributed by atoms with Crippen LogP contribution in [-0.2, 0) is 4.74 Å². The quantitative estimate of drug-likeness (QED) is 0.651. The lowest BCUT2D eigenvalue weighted by atomic mass is 9.86. The standard InChI is InChI=1S/C22H23NO4/c1-4-25-19-13-17(14-9-11-15(12-10-14)23(2)3)20-21(27-19)16-7-5-6-8-18(16)26-22(20)24/h5-12,17,19H,4,13H2,1-3H3/t17-,19-/m0/s1. The Labute approximate surface area is 158 Å². The molecule has 0 saturated carbocycles. The van der Waals surface area contributed by atoms with Crippen molar-refractivity contribution in [2.45, 2.75) is 25.6 Å². The molecular weight excluding hydrogens is 342 g/mol. The van der Waals surface area contributed by atoms with Gasteiger partial charge in [-0.3, -0.25) is 0 Å². The Morgan fingerprint density at radius 3 is 2.56 bits per heavy atom. The first-order chi connectivity index (χ1) is 13.1. The van der Waals surface area contributed by atoms with E-state index in [0.29, 0.717) is 29.9 Å². The molecule has 0 amide bonds. The molecule has 0 bridgehead atoms. The third-order valence-corrected chi connectivity index (χ3v) is 4.99. The van der Waals surface area contributed by atoms with Gasteiger partial charge >= 0.3 is 5.63 Å². The second-order valence-electron chi connectivity index (χ2n) is 6.91. The summed E-state index contributed by atoms with van der Waals surface area (Å²) in [6, 6.07) is 15.7. The Morgan fingerprint density at radius 2 is 1.85 bits per heavy atom. The van der Waals surface area contributed by atoms with Crippen molar-refractivity contribution in [1.29, 1.82) is 0 Å². The van der Waals surface area contributed by atoms with E-state index in [1.165, 1.54) is 0 Å². The van der Waals surface area contributed by atoms with Crippen LogP contribution in [-0.4, -0.2) is 27.0 Å². The SMILES string of the molecule is CCO[C@@H]1C[C@@H](c2ccc(N(C)C)cc2)c2c(c3ccccc3oc2=O)O1. The van der Waals surface area contributed by atoms with E-state index < -0.39 is 6.29 Å². The molecule has 1 aliphatic heterocycles. The van der Waals surface area contributed by atoms with Crippen LogP contribution in [0.3, 0.4) is 0 Å². The first-order valence-electron chi connectivity index (χ1n) is 9.19. The van der Waals surface area contributed by atoms with Crippen LogP contribution in [0.2, 0.25) is 0 Å². The minimum atomic E-state index is -0.397. The van der Waals surface area contributed by atoms with E-state index in [0.717, 1.165) is 16.6 Å². The van der Waals surface area contributed by atoms with Crippen LogP contribution in [0.15, 0.2) is 57.7 Å². The largest absolute Gasteiger partial charge is 0.464 e. The summed E-state index contributed by atoms with van der Waals surface area (Å²) in [5, 5.41) is 0.798. The molecule has 27 heavy (non-hydrogen) atoms. The van der Waals surface area contributed by atoms with Gasteiger partial charge in [-0.05, 0) is 36.8 Å². The zero-order chi connectivity index (χ0) is 19.0. The number of fused-ring (bicyclic) bond motifs is 3. The summed E-state index contributed by atoms with van der Waals surface area (Å²) in [6.45, 7) is 2.49. The molecular formula is C22H23NO4. The molecule has 5 heteroatoms. The molecule has 1 aromatic heterocycles. The summed E-state index contributed by atoms with van der Waals surface area (Å²) in [5.41, 5.74) is 2.91. The number of para-hydroxylation sites is 1. The monoisotopic (exact) mass is 365 g/mol. The highest BCUT2D eigenvalue weighted by Crippen LogP contribution is 2.42. The lowest BCUT2D eigenvalue weighted by Gasteiger charge is -2.32. The fraction of sp³-hybridized carbons (Fsp3) is 0.318. The summed E-state index contributed by atoms with van der Waals surface area (Å²) in [7, 11) is 4.01. The van der Waals surface area contributed by atoms with Crippen LogP contribution in [0.5, 0.6) is 5.75 Å². The van der Waals surface area contributed by atoms with Gasteiger partial charge in [0.1, 0.15) is 11.3 Å². The van der Waals surface area contributed by atoms with Crippen molar-refractivity contribution in [3.8, 4) is 5.75 Å². The second-order valence-corrected chi connectivity index (χ2v) is 6.91. The predicted octanol–water partition coefficient (Wildman–Crippen LogP) is 4.14. The van der Waals surface area contributed by atoms with Gasteiger partial charge in [-0.1, -0.05) is 24.3 Å². The summed E-state index contributed by atoms with van der Waals surface area (Å²) >= 11 is 0. The average molecular weight is 365 g/mol. The number of nitrogens with zero attached hydrogens (tertiary/aromatic N) is 1. The predicted molar refractivity (Wildman–Crippen MR) is 106 cm³/mol. The van der Waals surface area contributed by atoms with Crippen molar-refractivity contribution in [3.63, 3.8) is 0 Å². The molecule has 0 spiro atoms. The number of hydrogen-bond donors (Lipinski definition) is 0. The van der Waals surface area contributed by atoms with Gasteiger partial charge in [-0.25, -0.2) is 4.79 Å². The summed E-state index contributed by atoms with van der Waals surface area (Å²) in [5.74, 6) is 0.440. The smallest absolute Gasteiger partial charge is 0.343 e. The maximum absolute atomic E-state index is 12.8. The lowest BCUT2D eigenvalue weighted by molar-refractivity contribution is -0.0889. The molecule has 0 fully saturated rings. The molecule has 3 aromatic rings. The van der Waals surface area contributed by atoms with Crippen LogP contribution < -0.4 is 15.3 Å². The molecule has 0 radical (unpaired) electrons. The molecule has 0 aliphatic carbocycles. The molecule has 2 aromatic carbocycles. The van der Waals surface area contributed by atoms with Crippen molar-refractivity contribution in [3.05, 3.63) is 70.1 Å². The number of anilines is 1. The van der Waals surface area contributed by atoms with Gasteiger partial charge in [-0.15, -0.1) is 0 Å². The van der Waals surface area contributed by atoms with Crippen molar-refractivity contribution in [2.24, 2.45) is 0 Å². The van der Waals surface area contributed by atoms with Gasteiger partial charge in [0.2, 0.25) is 6.29 Å². The molecule has 2 heterocycles. The Hall–Kier alpha value is -2.79. The maximum Gasteiger partial charge on any atom is 0.343 e. The fourth-order valence-electron chi connectivity index (χ4n) is 3.65. The first kappa shape index (κ1) is 17.6. The van der Waals surface area contributed by atoms with Crippen LogP contribution in [0, 0.1) is 0 Å². The minimum absolute atomic E-state index is 0.137.